The van der Waals surface area contributed by atoms with Crippen LogP contribution in [0.5, 0.6) is 0 Å². The van der Waals surface area contributed by atoms with Crippen LogP contribution in [0.1, 0.15) is 23.2 Å². The molecule has 0 N–H and O–H groups in total. The van der Waals surface area contributed by atoms with Crippen molar-refractivity contribution in [1.82, 2.24) is 19.6 Å². The fraction of sp³-hybridized carbons (Fsp3) is 0.389. The lowest BCUT2D eigenvalue weighted by molar-refractivity contribution is -0.134. The number of carbonyl (C=O) groups excluding carboxylic acids is 2. The van der Waals surface area contributed by atoms with Crippen LogP contribution in [0.3, 0.4) is 0 Å². The predicted octanol–water partition coefficient (Wildman–Crippen LogP) is 1.81. The van der Waals surface area contributed by atoms with Crippen molar-refractivity contribution in [3.8, 4) is 5.69 Å². The van der Waals surface area contributed by atoms with Crippen LogP contribution in [-0.4, -0.2) is 58.6 Å². The summed E-state index contributed by atoms with van der Waals surface area (Å²) in [5.41, 5.74) is 1.37. The highest BCUT2D eigenvalue weighted by atomic mass is 16.2. The standard InChI is InChI=1S/C18H22N4O2/c1-20(2)17(23)14-7-5-11-21(13-14)18(24)15-8-3-4-9-16(15)22-12-6-10-19-22/h3-4,6,8-10,12,14H,5,7,11,13H2,1-2H3. The molecule has 0 aliphatic carbocycles. The number of piperidine rings is 1. The minimum absolute atomic E-state index is 0.0441. The van der Waals surface area contributed by atoms with E-state index in [1.807, 2.05) is 36.5 Å². The number of hydrogen-bond donors (Lipinski definition) is 0. The van der Waals surface area contributed by atoms with E-state index in [1.165, 1.54) is 0 Å². The van der Waals surface area contributed by atoms with Crippen LogP contribution in [0.4, 0.5) is 0 Å². The van der Waals surface area contributed by atoms with E-state index in [1.54, 1.807) is 34.8 Å². The van der Waals surface area contributed by atoms with E-state index >= 15 is 0 Å². The zero-order valence-corrected chi connectivity index (χ0v) is 14.1. The number of likely N-dealkylation sites (tertiary alicyclic amines) is 1. The lowest BCUT2D eigenvalue weighted by atomic mass is 9.96. The Morgan fingerprint density at radius 2 is 2.00 bits per heavy atom. The van der Waals surface area contributed by atoms with Gasteiger partial charge in [0.25, 0.3) is 5.91 Å². The van der Waals surface area contributed by atoms with Gasteiger partial charge in [0.05, 0.1) is 17.2 Å². The van der Waals surface area contributed by atoms with Gasteiger partial charge in [-0.2, -0.15) is 5.10 Å². The summed E-state index contributed by atoms with van der Waals surface area (Å²) >= 11 is 0. The molecule has 6 heteroatoms. The molecule has 1 atom stereocenters. The highest BCUT2D eigenvalue weighted by molar-refractivity contribution is 5.98. The van der Waals surface area contributed by atoms with E-state index in [4.69, 9.17) is 0 Å². The molecule has 6 nitrogen and oxygen atoms in total. The lowest BCUT2D eigenvalue weighted by Crippen LogP contribution is -2.45. The Kier molecular flexibility index (Phi) is 4.64. The number of rotatable bonds is 3. The van der Waals surface area contributed by atoms with Gasteiger partial charge in [-0.3, -0.25) is 9.59 Å². The van der Waals surface area contributed by atoms with E-state index in [-0.39, 0.29) is 17.7 Å². The first-order valence-corrected chi connectivity index (χ1v) is 8.17. The maximum atomic E-state index is 13.0. The fourth-order valence-corrected chi connectivity index (χ4v) is 3.16. The van der Waals surface area contributed by atoms with Gasteiger partial charge < -0.3 is 9.80 Å². The van der Waals surface area contributed by atoms with Gasteiger partial charge in [0.2, 0.25) is 5.91 Å². The number of hydrogen-bond acceptors (Lipinski definition) is 3. The van der Waals surface area contributed by atoms with Gasteiger partial charge in [0.1, 0.15) is 0 Å². The molecule has 24 heavy (non-hydrogen) atoms. The van der Waals surface area contributed by atoms with E-state index in [2.05, 4.69) is 5.10 Å². The number of nitrogens with zero attached hydrogens (tertiary/aromatic N) is 4. The molecule has 0 spiro atoms. The summed E-state index contributed by atoms with van der Waals surface area (Å²) in [6.45, 7) is 1.16. The van der Waals surface area contributed by atoms with Crippen molar-refractivity contribution in [2.24, 2.45) is 5.92 Å². The number of para-hydroxylation sites is 1. The summed E-state index contributed by atoms with van der Waals surface area (Å²) < 4.78 is 1.69. The SMILES string of the molecule is CN(C)C(=O)C1CCCN(C(=O)c2ccccc2-n2cccn2)C1. The average molecular weight is 326 g/mol. The van der Waals surface area contributed by atoms with Crippen LogP contribution < -0.4 is 0 Å². The third kappa shape index (κ3) is 3.18. The average Bonchev–Trinajstić information content (AvgIpc) is 3.15. The maximum Gasteiger partial charge on any atom is 0.256 e. The first-order valence-electron chi connectivity index (χ1n) is 8.17. The topological polar surface area (TPSA) is 58.4 Å². The molecule has 1 fully saturated rings. The Morgan fingerprint density at radius 1 is 1.21 bits per heavy atom. The van der Waals surface area contributed by atoms with Gasteiger partial charge >= 0.3 is 0 Å². The molecule has 1 unspecified atom stereocenters. The highest BCUT2D eigenvalue weighted by Crippen LogP contribution is 2.22. The Labute approximate surface area is 141 Å². The molecule has 2 amide bonds. The highest BCUT2D eigenvalue weighted by Gasteiger charge is 2.30. The van der Waals surface area contributed by atoms with E-state index < -0.39 is 0 Å². The zero-order valence-electron chi connectivity index (χ0n) is 14.1. The van der Waals surface area contributed by atoms with Crippen molar-refractivity contribution in [3.63, 3.8) is 0 Å². The second-order valence-corrected chi connectivity index (χ2v) is 6.29. The van der Waals surface area contributed by atoms with Crippen molar-refractivity contribution < 1.29 is 9.59 Å². The normalized spacial score (nSPS) is 17.6. The quantitative estimate of drug-likeness (QED) is 0.864. The minimum atomic E-state index is -0.116. The monoisotopic (exact) mass is 326 g/mol. The largest absolute Gasteiger partial charge is 0.349 e. The molecule has 0 radical (unpaired) electrons. The second-order valence-electron chi connectivity index (χ2n) is 6.29. The van der Waals surface area contributed by atoms with Gasteiger partial charge in [-0.05, 0) is 31.0 Å². The fourth-order valence-electron chi connectivity index (χ4n) is 3.16. The van der Waals surface area contributed by atoms with Crippen molar-refractivity contribution in [3.05, 3.63) is 48.3 Å². The number of amides is 2. The molecule has 0 bridgehead atoms. The summed E-state index contributed by atoms with van der Waals surface area (Å²) in [7, 11) is 3.52. The van der Waals surface area contributed by atoms with Gasteiger partial charge in [-0.15, -0.1) is 0 Å². The summed E-state index contributed by atoms with van der Waals surface area (Å²) in [6, 6.07) is 9.27. The van der Waals surface area contributed by atoms with E-state index in [0.29, 0.717) is 18.7 Å². The van der Waals surface area contributed by atoms with Gasteiger partial charge in [-0.1, -0.05) is 12.1 Å². The molecule has 1 aromatic heterocycles. The Morgan fingerprint density at radius 3 is 2.71 bits per heavy atom. The van der Waals surface area contributed by atoms with Crippen LogP contribution in [0.2, 0.25) is 0 Å². The summed E-state index contributed by atoms with van der Waals surface area (Å²) in [4.78, 5) is 28.6. The van der Waals surface area contributed by atoms with E-state index in [0.717, 1.165) is 18.5 Å². The molecule has 1 saturated heterocycles. The van der Waals surface area contributed by atoms with Crippen LogP contribution in [-0.2, 0) is 4.79 Å². The number of carbonyl (C=O) groups is 2. The third-order valence-corrected chi connectivity index (χ3v) is 4.38. The van der Waals surface area contributed by atoms with Crippen LogP contribution in [0.25, 0.3) is 5.69 Å². The number of benzene rings is 1. The van der Waals surface area contributed by atoms with Crippen LogP contribution in [0, 0.1) is 5.92 Å². The lowest BCUT2D eigenvalue weighted by Gasteiger charge is -2.33. The molecule has 1 aliphatic heterocycles. The van der Waals surface area contributed by atoms with Gasteiger partial charge in [-0.25, -0.2) is 4.68 Å². The second kappa shape index (κ2) is 6.86. The van der Waals surface area contributed by atoms with E-state index in [9.17, 15) is 9.59 Å². The smallest absolute Gasteiger partial charge is 0.256 e. The summed E-state index contributed by atoms with van der Waals surface area (Å²) in [5.74, 6) is -0.0696. The molecule has 2 heterocycles. The number of aromatic nitrogens is 2. The minimum Gasteiger partial charge on any atom is -0.349 e. The Hall–Kier alpha value is -2.63. The molecule has 3 rings (SSSR count). The third-order valence-electron chi connectivity index (χ3n) is 4.38. The Balaban J connectivity index is 1.83. The molecule has 2 aromatic rings. The molecule has 126 valence electrons. The molecular formula is C18H22N4O2. The van der Waals surface area contributed by atoms with Crippen molar-refractivity contribution >= 4 is 11.8 Å². The predicted molar refractivity (Wildman–Crippen MR) is 90.9 cm³/mol. The first-order chi connectivity index (χ1) is 11.6. The van der Waals surface area contributed by atoms with Crippen LogP contribution in [0.15, 0.2) is 42.7 Å². The zero-order chi connectivity index (χ0) is 17.1. The van der Waals surface area contributed by atoms with Gasteiger partial charge in [0.15, 0.2) is 0 Å². The summed E-state index contributed by atoms with van der Waals surface area (Å²) in [6.07, 6.45) is 5.19. The molecule has 1 aromatic carbocycles. The van der Waals surface area contributed by atoms with Crippen molar-refractivity contribution in [2.45, 2.75) is 12.8 Å². The molecule has 1 aliphatic rings. The van der Waals surface area contributed by atoms with Gasteiger partial charge in [0, 0.05) is 39.6 Å². The van der Waals surface area contributed by atoms with Crippen LogP contribution >= 0.6 is 0 Å². The maximum absolute atomic E-state index is 13.0. The Bertz CT molecular complexity index is 724. The first kappa shape index (κ1) is 16.2. The summed E-state index contributed by atoms with van der Waals surface area (Å²) in [5, 5.41) is 4.23. The van der Waals surface area contributed by atoms with Crippen molar-refractivity contribution in [1.29, 1.82) is 0 Å². The molecule has 0 saturated carbocycles. The molecular weight excluding hydrogens is 304 g/mol. The van der Waals surface area contributed by atoms with Crippen molar-refractivity contribution in [2.75, 3.05) is 27.2 Å².